The molecule has 5 heteroatoms. The van der Waals surface area contributed by atoms with Crippen molar-refractivity contribution in [2.24, 2.45) is 5.92 Å². The Kier molecular flexibility index (Phi) is 6.78. The van der Waals surface area contributed by atoms with Crippen molar-refractivity contribution in [3.63, 3.8) is 0 Å². The molecule has 0 fully saturated rings. The van der Waals surface area contributed by atoms with Crippen LogP contribution < -0.4 is 15.4 Å². The van der Waals surface area contributed by atoms with Gasteiger partial charge in [-0.3, -0.25) is 9.59 Å². The Morgan fingerprint density at radius 3 is 1.85 bits per heavy atom. The number of hydrogen-bond donors (Lipinski definition) is 2. The predicted octanol–water partition coefficient (Wildman–Crippen LogP) is 4.39. The number of amides is 2. The van der Waals surface area contributed by atoms with E-state index in [0.29, 0.717) is 23.5 Å². The van der Waals surface area contributed by atoms with E-state index in [1.54, 1.807) is 24.3 Å². The molecule has 0 bridgehead atoms. The summed E-state index contributed by atoms with van der Waals surface area (Å²) in [4.78, 5) is 24.2. The SMILES string of the molecule is CCC(Oc1ccc(C)cc1)C(=O)Nc1ccc(NC(=O)C(C)C)cc1. The van der Waals surface area contributed by atoms with Gasteiger partial charge in [-0.2, -0.15) is 0 Å². The number of nitrogens with one attached hydrogen (secondary N) is 2. The highest BCUT2D eigenvalue weighted by atomic mass is 16.5. The second-order valence-corrected chi connectivity index (χ2v) is 6.54. The normalized spacial score (nSPS) is 11.7. The van der Waals surface area contributed by atoms with E-state index >= 15 is 0 Å². The molecule has 2 aromatic rings. The largest absolute Gasteiger partial charge is 0.481 e. The van der Waals surface area contributed by atoms with Gasteiger partial charge in [-0.05, 0) is 49.7 Å². The second kappa shape index (κ2) is 9.04. The van der Waals surface area contributed by atoms with Gasteiger partial charge in [0.2, 0.25) is 5.91 Å². The summed E-state index contributed by atoms with van der Waals surface area (Å²) >= 11 is 0. The summed E-state index contributed by atoms with van der Waals surface area (Å²) < 4.78 is 5.79. The van der Waals surface area contributed by atoms with E-state index < -0.39 is 6.10 Å². The Morgan fingerprint density at radius 1 is 0.885 bits per heavy atom. The molecule has 0 aliphatic carbocycles. The molecular weight excluding hydrogens is 328 g/mol. The first-order valence-corrected chi connectivity index (χ1v) is 8.84. The van der Waals surface area contributed by atoms with Crippen molar-refractivity contribution in [2.45, 2.75) is 40.2 Å². The van der Waals surface area contributed by atoms with E-state index in [0.717, 1.165) is 5.56 Å². The van der Waals surface area contributed by atoms with Gasteiger partial charge in [-0.1, -0.05) is 38.5 Å². The number of ether oxygens (including phenoxy) is 1. The van der Waals surface area contributed by atoms with Crippen molar-refractivity contribution in [2.75, 3.05) is 10.6 Å². The van der Waals surface area contributed by atoms with Crippen LogP contribution >= 0.6 is 0 Å². The van der Waals surface area contributed by atoms with Gasteiger partial charge in [0.15, 0.2) is 6.10 Å². The molecule has 2 N–H and O–H groups in total. The number of hydrogen-bond acceptors (Lipinski definition) is 3. The van der Waals surface area contributed by atoms with E-state index in [9.17, 15) is 9.59 Å². The van der Waals surface area contributed by atoms with Gasteiger partial charge in [0, 0.05) is 17.3 Å². The van der Waals surface area contributed by atoms with Crippen LogP contribution in [-0.2, 0) is 9.59 Å². The van der Waals surface area contributed by atoms with E-state index in [1.165, 1.54) is 0 Å². The van der Waals surface area contributed by atoms with Crippen LogP contribution in [0.1, 0.15) is 32.8 Å². The van der Waals surface area contributed by atoms with Crippen molar-refractivity contribution >= 4 is 23.2 Å². The van der Waals surface area contributed by atoms with Gasteiger partial charge in [-0.25, -0.2) is 0 Å². The fourth-order valence-electron chi connectivity index (χ4n) is 2.25. The molecular formula is C21H26N2O3. The standard InChI is InChI=1S/C21H26N2O3/c1-5-19(26-18-12-6-15(4)7-13-18)21(25)23-17-10-8-16(9-11-17)22-20(24)14(2)3/h6-14,19H,5H2,1-4H3,(H,22,24)(H,23,25). The molecule has 26 heavy (non-hydrogen) atoms. The van der Waals surface area contributed by atoms with Crippen LogP contribution in [0.3, 0.4) is 0 Å². The third-order valence-electron chi connectivity index (χ3n) is 3.91. The molecule has 5 nitrogen and oxygen atoms in total. The summed E-state index contributed by atoms with van der Waals surface area (Å²) in [5.41, 5.74) is 2.49. The maximum atomic E-state index is 12.5. The molecule has 0 saturated carbocycles. The molecule has 0 spiro atoms. The van der Waals surface area contributed by atoms with Crippen molar-refractivity contribution < 1.29 is 14.3 Å². The zero-order chi connectivity index (χ0) is 19.1. The highest BCUT2D eigenvalue weighted by molar-refractivity contribution is 5.95. The van der Waals surface area contributed by atoms with Crippen molar-refractivity contribution in [3.05, 3.63) is 54.1 Å². The van der Waals surface area contributed by atoms with E-state index in [-0.39, 0.29) is 17.7 Å². The Labute approximate surface area is 154 Å². The highest BCUT2D eigenvalue weighted by Crippen LogP contribution is 2.18. The van der Waals surface area contributed by atoms with E-state index in [4.69, 9.17) is 4.74 Å². The smallest absolute Gasteiger partial charge is 0.265 e. The third kappa shape index (κ3) is 5.62. The lowest BCUT2D eigenvalue weighted by atomic mass is 10.2. The Bertz CT molecular complexity index is 737. The fraction of sp³-hybridized carbons (Fsp3) is 0.333. The number of rotatable bonds is 7. The molecule has 2 amide bonds. The Hall–Kier alpha value is -2.82. The lowest BCUT2D eigenvalue weighted by Gasteiger charge is -2.17. The van der Waals surface area contributed by atoms with Crippen LogP contribution in [0, 0.1) is 12.8 Å². The minimum atomic E-state index is -0.571. The molecule has 1 atom stereocenters. The van der Waals surface area contributed by atoms with Crippen molar-refractivity contribution in [1.82, 2.24) is 0 Å². The monoisotopic (exact) mass is 354 g/mol. The predicted molar refractivity (Wildman–Crippen MR) is 104 cm³/mol. The summed E-state index contributed by atoms with van der Waals surface area (Å²) in [6, 6.07) is 14.7. The third-order valence-corrected chi connectivity index (χ3v) is 3.91. The van der Waals surface area contributed by atoms with Gasteiger partial charge in [-0.15, -0.1) is 0 Å². The van der Waals surface area contributed by atoms with Crippen LogP contribution in [0.2, 0.25) is 0 Å². The minimum absolute atomic E-state index is 0.0423. The summed E-state index contributed by atoms with van der Waals surface area (Å²) in [6.45, 7) is 7.58. The highest BCUT2D eigenvalue weighted by Gasteiger charge is 2.18. The zero-order valence-electron chi connectivity index (χ0n) is 15.7. The maximum absolute atomic E-state index is 12.5. The first kappa shape index (κ1) is 19.5. The zero-order valence-corrected chi connectivity index (χ0v) is 15.7. The lowest BCUT2D eigenvalue weighted by Crippen LogP contribution is -2.32. The van der Waals surface area contributed by atoms with Gasteiger partial charge >= 0.3 is 0 Å². The fourth-order valence-corrected chi connectivity index (χ4v) is 2.25. The molecule has 1 unspecified atom stereocenters. The molecule has 0 saturated heterocycles. The van der Waals surface area contributed by atoms with Crippen LogP contribution in [0.25, 0.3) is 0 Å². The van der Waals surface area contributed by atoms with Crippen molar-refractivity contribution in [1.29, 1.82) is 0 Å². The Balaban J connectivity index is 1.96. The topological polar surface area (TPSA) is 67.4 Å². The average molecular weight is 354 g/mol. The van der Waals surface area contributed by atoms with Crippen LogP contribution in [0.4, 0.5) is 11.4 Å². The summed E-state index contributed by atoms with van der Waals surface area (Å²) in [5.74, 6) is 0.342. The molecule has 138 valence electrons. The first-order chi connectivity index (χ1) is 12.4. The number of anilines is 2. The Morgan fingerprint density at radius 2 is 1.38 bits per heavy atom. The summed E-state index contributed by atoms with van der Waals surface area (Å²) in [5, 5.41) is 5.67. The number of benzene rings is 2. The number of aryl methyl sites for hydroxylation is 1. The lowest BCUT2D eigenvalue weighted by molar-refractivity contribution is -0.123. The quantitative estimate of drug-likeness (QED) is 0.775. The van der Waals surface area contributed by atoms with E-state index in [1.807, 2.05) is 52.0 Å². The van der Waals surface area contributed by atoms with E-state index in [2.05, 4.69) is 10.6 Å². The van der Waals surface area contributed by atoms with Gasteiger partial charge in [0.1, 0.15) is 5.75 Å². The molecule has 0 heterocycles. The average Bonchev–Trinajstić information content (AvgIpc) is 2.62. The van der Waals surface area contributed by atoms with Gasteiger partial charge in [0.05, 0.1) is 0 Å². The number of carbonyl (C=O) groups is 2. The summed E-state index contributed by atoms with van der Waals surface area (Å²) in [6.07, 6.45) is -0.0135. The minimum Gasteiger partial charge on any atom is -0.481 e. The molecule has 2 rings (SSSR count). The molecule has 0 aliphatic rings. The van der Waals surface area contributed by atoms with Crippen LogP contribution in [-0.4, -0.2) is 17.9 Å². The van der Waals surface area contributed by atoms with Crippen LogP contribution in [0.15, 0.2) is 48.5 Å². The van der Waals surface area contributed by atoms with Crippen LogP contribution in [0.5, 0.6) is 5.75 Å². The molecule has 0 radical (unpaired) electrons. The van der Waals surface area contributed by atoms with Gasteiger partial charge in [0.25, 0.3) is 5.91 Å². The number of carbonyl (C=O) groups excluding carboxylic acids is 2. The molecule has 0 aromatic heterocycles. The molecule has 0 aliphatic heterocycles. The van der Waals surface area contributed by atoms with Gasteiger partial charge < -0.3 is 15.4 Å². The maximum Gasteiger partial charge on any atom is 0.265 e. The molecule has 2 aromatic carbocycles. The summed E-state index contributed by atoms with van der Waals surface area (Å²) in [7, 11) is 0. The van der Waals surface area contributed by atoms with Crippen molar-refractivity contribution in [3.8, 4) is 5.75 Å². The first-order valence-electron chi connectivity index (χ1n) is 8.84. The second-order valence-electron chi connectivity index (χ2n) is 6.54.